The minimum Gasteiger partial charge on any atom is -0.355 e. The Bertz CT molecular complexity index is 478. The zero-order valence-corrected chi connectivity index (χ0v) is 8.70. The van der Waals surface area contributed by atoms with E-state index in [2.05, 4.69) is 11.4 Å². The topological polar surface area (TPSA) is 35.8 Å². The summed E-state index contributed by atoms with van der Waals surface area (Å²) in [4.78, 5) is 0. The molecule has 0 spiro atoms. The van der Waals surface area contributed by atoms with E-state index in [0.29, 0.717) is 5.57 Å². The molecule has 2 rings (SSSR count). The molecule has 0 amide bonds. The van der Waals surface area contributed by atoms with Crippen molar-refractivity contribution in [2.45, 2.75) is 12.8 Å². The Labute approximate surface area is 93.7 Å². The van der Waals surface area contributed by atoms with Gasteiger partial charge in [-0.25, -0.2) is 4.39 Å². The standard InChI is InChI=1S/C13H11FN2/c14-11-5-7-12(8-6-11)16-13-4-2-1-3-10(13)9-15/h3-8,16H,1-2H2. The lowest BCUT2D eigenvalue weighted by molar-refractivity contribution is 0.628. The second-order valence-corrected chi connectivity index (χ2v) is 3.56. The highest BCUT2D eigenvalue weighted by Gasteiger charge is 2.08. The van der Waals surface area contributed by atoms with Crippen LogP contribution in [0.25, 0.3) is 0 Å². The molecule has 0 atom stereocenters. The van der Waals surface area contributed by atoms with E-state index in [0.717, 1.165) is 24.2 Å². The van der Waals surface area contributed by atoms with E-state index < -0.39 is 0 Å². The molecule has 0 saturated heterocycles. The lowest BCUT2D eigenvalue weighted by Crippen LogP contribution is -2.04. The number of hydrogen-bond acceptors (Lipinski definition) is 2. The fourth-order valence-electron chi connectivity index (χ4n) is 1.59. The van der Waals surface area contributed by atoms with Crippen LogP contribution in [0.4, 0.5) is 10.1 Å². The number of anilines is 1. The zero-order valence-electron chi connectivity index (χ0n) is 8.70. The second kappa shape index (κ2) is 4.63. The van der Waals surface area contributed by atoms with Crippen molar-refractivity contribution in [2.75, 3.05) is 5.32 Å². The zero-order chi connectivity index (χ0) is 11.4. The van der Waals surface area contributed by atoms with E-state index >= 15 is 0 Å². The van der Waals surface area contributed by atoms with Gasteiger partial charge in [-0.3, -0.25) is 0 Å². The predicted octanol–water partition coefficient (Wildman–Crippen LogP) is 3.37. The summed E-state index contributed by atoms with van der Waals surface area (Å²) in [5.74, 6) is -0.265. The van der Waals surface area contributed by atoms with E-state index in [4.69, 9.17) is 5.26 Å². The van der Waals surface area contributed by atoms with Crippen LogP contribution in [0.1, 0.15) is 12.8 Å². The molecular formula is C13H11FN2. The number of allylic oxidation sites excluding steroid dienone is 3. The van der Waals surface area contributed by atoms with Crippen molar-refractivity contribution in [3.63, 3.8) is 0 Å². The Morgan fingerprint density at radius 1 is 1.12 bits per heavy atom. The third-order valence-electron chi connectivity index (χ3n) is 2.40. The van der Waals surface area contributed by atoms with E-state index in [1.54, 1.807) is 12.1 Å². The van der Waals surface area contributed by atoms with E-state index in [9.17, 15) is 4.39 Å². The summed E-state index contributed by atoms with van der Waals surface area (Å²) in [5.41, 5.74) is 2.24. The quantitative estimate of drug-likeness (QED) is 0.819. The summed E-state index contributed by atoms with van der Waals surface area (Å²) in [7, 11) is 0. The molecule has 0 aliphatic heterocycles. The Kier molecular flexibility index (Phi) is 3.02. The normalized spacial score (nSPS) is 14.8. The third kappa shape index (κ3) is 2.29. The number of hydrogen-bond donors (Lipinski definition) is 1. The number of nitrogens with one attached hydrogen (secondary N) is 1. The molecule has 0 fully saturated rings. The van der Waals surface area contributed by atoms with Crippen molar-refractivity contribution < 1.29 is 4.39 Å². The maximum atomic E-state index is 12.7. The maximum Gasteiger partial charge on any atom is 0.123 e. The van der Waals surface area contributed by atoms with Crippen molar-refractivity contribution in [3.05, 3.63) is 53.5 Å². The molecule has 16 heavy (non-hydrogen) atoms. The third-order valence-corrected chi connectivity index (χ3v) is 2.40. The molecule has 0 aromatic heterocycles. The van der Waals surface area contributed by atoms with E-state index in [1.807, 2.05) is 12.2 Å². The summed E-state index contributed by atoms with van der Waals surface area (Å²) in [6.45, 7) is 0. The monoisotopic (exact) mass is 214 g/mol. The first kappa shape index (κ1) is 10.4. The van der Waals surface area contributed by atoms with Crippen molar-refractivity contribution in [3.8, 4) is 6.07 Å². The largest absolute Gasteiger partial charge is 0.355 e. The Morgan fingerprint density at radius 3 is 2.50 bits per heavy atom. The van der Waals surface area contributed by atoms with Crippen LogP contribution in [0.15, 0.2) is 47.7 Å². The Hall–Kier alpha value is -2.08. The van der Waals surface area contributed by atoms with Crippen molar-refractivity contribution in [1.82, 2.24) is 0 Å². The van der Waals surface area contributed by atoms with Gasteiger partial charge < -0.3 is 5.32 Å². The van der Waals surface area contributed by atoms with Gasteiger partial charge in [0.05, 0.1) is 11.3 Å². The molecule has 0 heterocycles. The molecule has 1 aromatic carbocycles. The van der Waals surface area contributed by atoms with Crippen LogP contribution in [-0.2, 0) is 0 Å². The van der Waals surface area contributed by atoms with Crippen LogP contribution in [0.2, 0.25) is 0 Å². The van der Waals surface area contributed by atoms with Gasteiger partial charge in [-0.2, -0.15) is 5.26 Å². The van der Waals surface area contributed by atoms with Gasteiger partial charge >= 0.3 is 0 Å². The van der Waals surface area contributed by atoms with Gasteiger partial charge in [0.25, 0.3) is 0 Å². The van der Waals surface area contributed by atoms with Gasteiger partial charge in [0.15, 0.2) is 0 Å². The fourth-order valence-corrected chi connectivity index (χ4v) is 1.59. The molecule has 1 aromatic rings. The Morgan fingerprint density at radius 2 is 1.81 bits per heavy atom. The summed E-state index contributed by atoms with van der Waals surface area (Å²) < 4.78 is 12.7. The number of nitrogens with zero attached hydrogens (tertiary/aromatic N) is 1. The lowest BCUT2D eigenvalue weighted by atomic mass is 10.0. The molecule has 3 heteroatoms. The van der Waals surface area contributed by atoms with Crippen LogP contribution < -0.4 is 5.32 Å². The minimum atomic E-state index is -0.265. The molecule has 0 saturated carbocycles. The molecule has 80 valence electrons. The molecule has 1 N–H and O–H groups in total. The van der Waals surface area contributed by atoms with Gasteiger partial charge in [-0.15, -0.1) is 0 Å². The van der Waals surface area contributed by atoms with E-state index in [-0.39, 0.29) is 5.82 Å². The average Bonchev–Trinajstić information content (AvgIpc) is 2.33. The molecule has 1 aliphatic rings. The van der Waals surface area contributed by atoms with Gasteiger partial charge in [0.1, 0.15) is 11.9 Å². The summed E-state index contributed by atoms with van der Waals surface area (Å²) in [6, 6.07) is 8.23. The van der Waals surface area contributed by atoms with Crippen molar-refractivity contribution in [2.24, 2.45) is 0 Å². The fraction of sp³-hybridized carbons (Fsp3) is 0.154. The van der Waals surface area contributed by atoms with Crippen molar-refractivity contribution in [1.29, 1.82) is 5.26 Å². The lowest BCUT2D eigenvalue weighted by Gasteiger charge is -2.13. The summed E-state index contributed by atoms with van der Waals surface area (Å²) in [5, 5.41) is 12.0. The van der Waals surface area contributed by atoms with Crippen molar-refractivity contribution >= 4 is 5.69 Å². The number of rotatable bonds is 2. The number of nitriles is 1. The molecule has 1 aliphatic carbocycles. The van der Waals surface area contributed by atoms with Crippen LogP contribution in [0.5, 0.6) is 0 Å². The maximum absolute atomic E-state index is 12.7. The first-order chi connectivity index (χ1) is 7.79. The van der Waals surface area contributed by atoms with E-state index in [1.165, 1.54) is 12.1 Å². The summed E-state index contributed by atoms with van der Waals surface area (Å²) in [6.07, 6.45) is 5.72. The molecular weight excluding hydrogens is 203 g/mol. The molecule has 0 radical (unpaired) electrons. The highest BCUT2D eigenvalue weighted by molar-refractivity contribution is 5.57. The number of halogens is 1. The minimum absolute atomic E-state index is 0.265. The smallest absolute Gasteiger partial charge is 0.123 e. The van der Waals surface area contributed by atoms with Gasteiger partial charge in [0.2, 0.25) is 0 Å². The second-order valence-electron chi connectivity index (χ2n) is 3.56. The highest BCUT2D eigenvalue weighted by Crippen LogP contribution is 2.20. The SMILES string of the molecule is N#CC1=CCCC=C1Nc1ccc(F)cc1. The van der Waals surface area contributed by atoms with Gasteiger partial charge in [0, 0.05) is 5.69 Å². The first-order valence-corrected chi connectivity index (χ1v) is 5.13. The average molecular weight is 214 g/mol. The highest BCUT2D eigenvalue weighted by atomic mass is 19.1. The van der Waals surface area contributed by atoms with Crippen LogP contribution in [-0.4, -0.2) is 0 Å². The Balaban J connectivity index is 2.16. The van der Waals surface area contributed by atoms with Crippen LogP contribution in [0.3, 0.4) is 0 Å². The van der Waals surface area contributed by atoms with Gasteiger partial charge in [-0.1, -0.05) is 12.2 Å². The number of benzene rings is 1. The molecule has 0 unspecified atom stereocenters. The molecule has 2 nitrogen and oxygen atoms in total. The summed E-state index contributed by atoms with van der Waals surface area (Å²) >= 11 is 0. The van der Waals surface area contributed by atoms with Crippen LogP contribution in [0, 0.1) is 17.1 Å². The van der Waals surface area contributed by atoms with Crippen LogP contribution >= 0.6 is 0 Å². The predicted molar refractivity (Wildman–Crippen MR) is 61.0 cm³/mol. The first-order valence-electron chi connectivity index (χ1n) is 5.13. The molecule has 0 bridgehead atoms. The van der Waals surface area contributed by atoms with Gasteiger partial charge in [-0.05, 0) is 37.1 Å².